The molecule has 0 bridgehead atoms. The van der Waals surface area contributed by atoms with Crippen LogP contribution in [0.3, 0.4) is 0 Å². The summed E-state index contributed by atoms with van der Waals surface area (Å²) in [5, 5.41) is 12.3. The highest BCUT2D eigenvalue weighted by molar-refractivity contribution is 5.73. The fourth-order valence-electron chi connectivity index (χ4n) is 1.83. The summed E-state index contributed by atoms with van der Waals surface area (Å²) in [5.74, 6) is -0.729. The molecule has 0 aromatic carbocycles. The normalized spacial score (nSPS) is 13.9. The van der Waals surface area contributed by atoms with Crippen LogP contribution < -0.4 is 5.32 Å². The Labute approximate surface area is 93.3 Å². The van der Waals surface area contributed by atoms with E-state index in [-0.39, 0.29) is 5.54 Å². The molecule has 0 spiro atoms. The van der Waals surface area contributed by atoms with Gasteiger partial charge in [-0.3, -0.25) is 10.1 Å². The highest BCUT2D eigenvalue weighted by Gasteiger charge is 2.25. The summed E-state index contributed by atoms with van der Waals surface area (Å²) in [5.41, 5.74) is -0.0778. The Morgan fingerprint density at radius 2 is 1.93 bits per heavy atom. The number of hydrogen-bond donors (Lipinski definition) is 2. The molecule has 3 heteroatoms. The van der Waals surface area contributed by atoms with Crippen LogP contribution in [0, 0.1) is 0 Å². The zero-order valence-electron chi connectivity index (χ0n) is 10.5. The molecule has 0 rings (SSSR count). The van der Waals surface area contributed by atoms with E-state index >= 15 is 0 Å². The molecule has 0 fully saturated rings. The van der Waals surface area contributed by atoms with Gasteiger partial charge in [-0.25, -0.2) is 0 Å². The smallest absolute Gasteiger partial charge is 0.320 e. The van der Waals surface area contributed by atoms with E-state index < -0.39 is 12.0 Å². The van der Waals surface area contributed by atoms with Gasteiger partial charge in [-0.15, -0.1) is 0 Å². The molecular formula is C12H25NO2. The Kier molecular flexibility index (Phi) is 6.57. The van der Waals surface area contributed by atoms with Crippen molar-refractivity contribution in [3.63, 3.8) is 0 Å². The van der Waals surface area contributed by atoms with Gasteiger partial charge in [-0.2, -0.15) is 0 Å². The van der Waals surface area contributed by atoms with Crippen LogP contribution in [0.15, 0.2) is 0 Å². The van der Waals surface area contributed by atoms with Crippen molar-refractivity contribution < 1.29 is 9.90 Å². The minimum absolute atomic E-state index is 0.0778. The molecule has 15 heavy (non-hydrogen) atoms. The van der Waals surface area contributed by atoms with E-state index in [0.29, 0.717) is 0 Å². The van der Waals surface area contributed by atoms with Crippen molar-refractivity contribution in [1.29, 1.82) is 0 Å². The predicted molar refractivity (Wildman–Crippen MR) is 63.1 cm³/mol. The molecule has 0 aliphatic carbocycles. The fourth-order valence-corrected chi connectivity index (χ4v) is 1.83. The predicted octanol–water partition coefficient (Wildman–Crippen LogP) is 2.80. The molecule has 3 nitrogen and oxygen atoms in total. The molecule has 0 aliphatic rings. The van der Waals surface area contributed by atoms with Crippen LogP contribution in [0.4, 0.5) is 0 Å². The average molecular weight is 215 g/mol. The zero-order valence-corrected chi connectivity index (χ0v) is 10.5. The van der Waals surface area contributed by atoms with Gasteiger partial charge < -0.3 is 5.11 Å². The van der Waals surface area contributed by atoms with Crippen molar-refractivity contribution in [1.82, 2.24) is 5.32 Å². The maximum Gasteiger partial charge on any atom is 0.320 e. The van der Waals surface area contributed by atoms with Gasteiger partial charge in [-0.05, 0) is 26.7 Å². The molecule has 0 heterocycles. The van der Waals surface area contributed by atoms with Gasteiger partial charge in [0.05, 0.1) is 0 Å². The second-order valence-corrected chi connectivity index (χ2v) is 4.81. The van der Waals surface area contributed by atoms with Crippen LogP contribution in [0.2, 0.25) is 0 Å². The van der Waals surface area contributed by atoms with Crippen molar-refractivity contribution >= 4 is 5.97 Å². The summed E-state index contributed by atoms with van der Waals surface area (Å²) < 4.78 is 0. The third kappa shape index (κ3) is 6.50. The topological polar surface area (TPSA) is 49.3 Å². The molecule has 0 amide bonds. The number of carboxylic acid groups (broad SMARTS) is 1. The molecular weight excluding hydrogens is 190 g/mol. The molecule has 0 saturated heterocycles. The van der Waals surface area contributed by atoms with Crippen molar-refractivity contribution in [2.45, 2.75) is 71.4 Å². The first kappa shape index (κ1) is 14.4. The quantitative estimate of drug-likeness (QED) is 0.654. The number of hydrogen-bond acceptors (Lipinski definition) is 2. The first-order valence-electron chi connectivity index (χ1n) is 5.93. The van der Waals surface area contributed by atoms with Gasteiger partial charge in [-0.1, -0.05) is 33.1 Å². The second-order valence-electron chi connectivity index (χ2n) is 4.81. The molecule has 2 N–H and O–H groups in total. The van der Waals surface area contributed by atoms with Crippen molar-refractivity contribution in [2.75, 3.05) is 0 Å². The van der Waals surface area contributed by atoms with Crippen LogP contribution in [0.1, 0.15) is 59.8 Å². The lowest BCUT2D eigenvalue weighted by molar-refractivity contribution is -0.140. The third-order valence-corrected chi connectivity index (χ3v) is 2.58. The molecule has 90 valence electrons. The van der Waals surface area contributed by atoms with Gasteiger partial charge in [0.25, 0.3) is 0 Å². The number of aliphatic carboxylic acids is 1. The summed E-state index contributed by atoms with van der Waals surface area (Å²) in [6.07, 6.45) is 4.80. The van der Waals surface area contributed by atoms with Gasteiger partial charge in [0, 0.05) is 5.54 Å². The van der Waals surface area contributed by atoms with Crippen LogP contribution in [0.25, 0.3) is 0 Å². The lowest BCUT2D eigenvalue weighted by atomic mass is 9.96. The number of unbranched alkanes of at least 4 members (excludes halogenated alkanes) is 1. The van der Waals surface area contributed by atoms with Crippen LogP contribution in [-0.2, 0) is 4.79 Å². The lowest BCUT2D eigenvalue weighted by Crippen LogP contribution is -2.49. The maximum atomic E-state index is 11.0. The Morgan fingerprint density at radius 1 is 1.33 bits per heavy atom. The minimum Gasteiger partial charge on any atom is -0.480 e. The Balaban J connectivity index is 4.20. The minimum atomic E-state index is -0.729. The third-order valence-electron chi connectivity index (χ3n) is 2.58. The lowest BCUT2D eigenvalue weighted by Gasteiger charge is -2.29. The summed E-state index contributed by atoms with van der Waals surface area (Å²) in [6.45, 7) is 8.33. The Hall–Kier alpha value is -0.570. The van der Waals surface area contributed by atoms with Gasteiger partial charge >= 0.3 is 5.97 Å². The molecule has 0 saturated carbocycles. The number of carboxylic acids is 1. The maximum absolute atomic E-state index is 11.0. The van der Waals surface area contributed by atoms with Gasteiger partial charge in [0.1, 0.15) is 6.04 Å². The van der Waals surface area contributed by atoms with E-state index in [0.717, 1.165) is 32.1 Å². The molecule has 1 atom stereocenters. The van der Waals surface area contributed by atoms with E-state index in [1.807, 2.05) is 0 Å². The Bertz CT molecular complexity index is 190. The van der Waals surface area contributed by atoms with E-state index in [1.54, 1.807) is 0 Å². The highest BCUT2D eigenvalue weighted by Crippen LogP contribution is 2.14. The van der Waals surface area contributed by atoms with Crippen LogP contribution >= 0.6 is 0 Å². The summed E-state index contributed by atoms with van der Waals surface area (Å²) in [7, 11) is 0. The monoisotopic (exact) mass is 215 g/mol. The fraction of sp³-hybridized carbons (Fsp3) is 0.917. The number of rotatable bonds is 8. The van der Waals surface area contributed by atoms with Crippen molar-refractivity contribution in [2.24, 2.45) is 0 Å². The number of carbonyl (C=O) groups is 1. The van der Waals surface area contributed by atoms with Crippen molar-refractivity contribution in [3.05, 3.63) is 0 Å². The van der Waals surface area contributed by atoms with E-state index in [1.165, 1.54) is 0 Å². The molecule has 0 radical (unpaired) electrons. The average Bonchev–Trinajstić information content (AvgIpc) is 2.11. The van der Waals surface area contributed by atoms with E-state index in [9.17, 15) is 4.79 Å². The first-order chi connectivity index (χ1) is 6.93. The van der Waals surface area contributed by atoms with Crippen LogP contribution in [0.5, 0.6) is 0 Å². The Morgan fingerprint density at radius 3 is 2.33 bits per heavy atom. The molecule has 0 aromatic rings. The summed E-state index contributed by atoms with van der Waals surface area (Å²) in [6, 6.07) is -0.397. The van der Waals surface area contributed by atoms with Crippen LogP contribution in [-0.4, -0.2) is 22.7 Å². The zero-order chi connectivity index (χ0) is 11.9. The molecule has 1 unspecified atom stereocenters. The van der Waals surface area contributed by atoms with Gasteiger partial charge in [0.2, 0.25) is 0 Å². The second kappa shape index (κ2) is 6.83. The van der Waals surface area contributed by atoms with E-state index in [4.69, 9.17) is 5.11 Å². The number of nitrogens with one attached hydrogen (secondary N) is 1. The van der Waals surface area contributed by atoms with Gasteiger partial charge in [0.15, 0.2) is 0 Å². The summed E-state index contributed by atoms with van der Waals surface area (Å²) in [4.78, 5) is 11.0. The van der Waals surface area contributed by atoms with Crippen molar-refractivity contribution in [3.8, 4) is 0 Å². The first-order valence-corrected chi connectivity index (χ1v) is 5.93. The largest absolute Gasteiger partial charge is 0.480 e. The standard InChI is InChI=1S/C12H25NO2/c1-5-7-8-10(11(14)15)13-12(3,4)9-6-2/h10,13H,5-9H2,1-4H3,(H,14,15). The van der Waals surface area contributed by atoms with E-state index in [2.05, 4.69) is 33.0 Å². The molecule has 0 aliphatic heterocycles. The highest BCUT2D eigenvalue weighted by atomic mass is 16.4. The molecule has 0 aromatic heterocycles. The summed E-state index contributed by atoms with van der Waals surface area (Å²) >= 11 is 0. The SMILES string of the molecule is CCCCC(NC(C)(C)CCC)C(=O)O.